The van der Waals surface area contributed by atoms with E-state index in [0.29, 0.717) is 6.54 Å². The summed E-state index contributed by atoms with van der Waals surface area (Å²) in [6.07, 6.45) is 5.08. The van der Waals surface area contributed by atoms with E-state index in [4.69, 9.17) is 0 Å². The van der Waals surface area contributed by atoms with Gasteiger partial charge < -0.3 is 9.80 Å². The van der Waals surface area contributed by atoms with Gasteiger partial charge in [0.15, 0.2) is 0 Å². The first kappa shape index (κ1) is 15.9. The van der Waals surface area contributed by atoms with Crippen LogP contribution in [0.5, 0.6) is 0 Å². The minimum atomic E-state index is -0.139. The summed E-state index contributed by atoms with van der Waals surface area (Å²) in [5.74, 6) is 0.206. The predicted octanol–water partition coefficient (Wildman–Crippen LogP) is 0.461. The number of piperazine rings is 1. The van der Waals surface area contributed by atoms with Gasteiger partial charge in [0.05, 0.1) is 11.7 Å². The molecule has 1 aromatic heterocycles. The van der Waals surface area contributed by atoms with E-state index in [1.54, 1.807) is 18.6 Å². The van der Waals surface area contributed by atoms with Crippen LogP contribution in [0.25, 0.3) is 0 Å². The van der Waals surface area contributed by atoms with Crippen molar-refractivity contribution in [1.29, 1.82) is 0 Å². The molecule has 0 aliphatic carbocycles. The molecule has 2 heterocycles. The van der Waals surface area contributed by atoms with E-state index in [9.17, 15) is 4.79 Å². The molecule has 1 atom stereocenters. The van der Waals surface area contributed by atoms with Gasteiger partial charge in [-0.1, -0.05) is 6.92 Å². The molecule has 21 heavy (non-hydrogen) atoms. The van der Waals surface area contributed by atoms with Gasteiger partial charge >= 0.3 is 0 Å². The summed E-state index contributed by atoms with van der Waals surface area (Å²) in [5, 5.41) is 0. The first-order chi connectivity index (χ1) is 10.1. The van der Waals surface area contributed by atoms with Gasteiger partial charge in [-0.15, -0.1) is 0 Å². The number of carbonyl (C=O) groups is 1. The molecule has 1 aromatic rings. The number of rotatable bonds is 5. The van der Waals surface area contributed by atoms with Gasteiger partial charge in [0, 0.05) is 51.3 Å². The summed E-state index contributed by atoms with van der Waals surface area (Å²) in [6.45, 7) is 9.43. The molecule has 1 aliphatic heterocycles. The highest BCUT2D eigenvalue weighted by Crippen LogP contribution is 2.09. The first-order valence-corrected chi connectivity index (χ1v) is 7.58. The van der Waals surface area contributed by atoms with Crippen LogP contribution < -0.4 is 0 Å². The quantitative estimate of drug-likeness (QED) is 0.789. The smallest absolute Gasteiger partial charge is 0.239 e. The van der Waals surface area contributed by atoms with Crippen LogP contribution in [0.1, 0.15) is 19.5 Å². The second-order valence-corrected chi connectivity index (χ2v) is 5.55. The lowest BCUT2D eigenvalue weighted by molar-refractivity contribution is -0.137. The maximum absolute atomic E-state index is 12.6. The van der Waals surface area contributed by atoms with Crippen molar-refractivity contribution >= 4 is 5.91 Å². The number of likely N-dealkylation sites (N-methyl/N-ethyl adjacent to an activating group) is 2. The Labute approximate surface area is 126 Å². The summed E-state index contributed by atoms with van der Waals surface area (Å²) in [5.41, 5.74) is 0.885. The van der Waals surface area contributed by atoms with E-state index in [0.717, 1.165) is 38.4 Å². The number of hydrogen-bond donors (Lipinski definition) is 0. The fourth-order valence-electron chi connectivity index (χ4n) is 2.54. The fourth-order valence-corrected chi connectivity index (χ4v) is 2.54. The lowest BCUT2D eigenvalue weighted by Crippen LogP contribution is -2.53. The number of hydrogen-bond acceptors (Lipinski definition) is 5. The average Bonchev–Trinajstić information content (AvgIpc) is 2.54. The molecule has 0 unspecified atom stereocenters. The first-order valence-electron chi connectivity index (χ1n) is 7.58. The van der Waals surface area contributed by atoms with Crippen LogP contribution in [0.2, 0.25) is 0 Å². The minimum Gasteiger partial charge on any atom is -0.339 e. The van der Waals surface area contributed by atoms with E-state index in [1.807, 2.05) is 23.8 Å². The SMILES string of the molecule is CCN1CCN(C(=O)[C@H](C)N(C)Cc2cnccn2)CC1. The zero-order chi connectivity index (χ0) is 15.2. The fraction of sp³-hybridized carbons (Fsp3) is 0.667. The van der Waals surface area contributed by atoms with Crippen LogP contribution in [0.4, 0.5) is 0 Å². The Morgan fingerprint density at radius 1 is 1.33 bits per heavy atom. The van der Waals surface area contributed by atoms with E-state index in [-0.39, 0.29) is 11.9 Å². The van der Waals surface area contributed by atoms with Gasteiger partial charge in [-0.2, -0.15) is 0 Å². The number of carbonyl (C=O) groups excluding carboxylic acids is 1. The molecule has 0 spiro atoms. The summed E-state index contributed by atoms with van der Waals surface area (Å²) < 4.78 is 0. The topological polar surface area (TPSA) is 52.6 Å². The Balaban J connectivity index is 1.87. The molecule has 0 N–H and O–H groups in total. The maximum Gasteiger partial charge on any atom is 0.239 e. The molecule has 2 rings (SSSR count). The van der Waals surface area contributed by atoms with Crippen molar-refractivity contribution in [2.24, 2.45) is 0 Å². The third-order valence-electron chi connectivity index (χ3n) is 4.18. The predicted molar refractivity (Wildman–Crippen MR) is 81.7 cm³/mol. The van der Waals surface area contributed by atoms with Crippen molar-refractivity contribution < 1.29 is 4.79 Å². The van der Waals surface area contributed by atoms with Crippen molar-refractivity contribution in [3.05, 3.63) is 24.3 Å². The summed E-state index contributed by atoms with van der Waals surface area (Å²) in [7, 11) is 1.96. The second-order valence-electron chi connectivity index (χ2n) is 5.55. The van der Waals surface area contributed by atoms with Crippen molar-refractivity contribution in [3.8, 4) is 0 Å². The van der Waals surface area contributed by atoms with E-state index in [1.165, 1.54) is 0 Å². The molecule has 116 valence electrons. The molecule has 1 aliphatic rings. The van der Waals surface area contributed by atoms with E-state index < -0.39 is 0 Å². The lowest BCUT2D eigenvalue weighted by Gasteiger charge is -2.37. The number of amides is 1. The van der Waals surface area contributed by atoms with Gasteiger partial charge in [0.25, 0.3) is 0 Å². The summed E-state index contributed by atoms with van der Waals surface area (Å²) in [4.78, 5) is 27.2. The number of aromatic nitrogens is 2. The highest BCUT2D eigenvalue weighted by atomic mass is 16.2. The Kier molecular flexibility index (Phi) is 5.64. The third-order valence-corrected chi connectivity index (χ3v) is 4.18. The van der Waals surface area contributed by atoms with Crippen LogP contribution in [0, 0.1) is 0 Å². The lowest BCUT2D eigenvalue weighted by atomic mass is 10.2. The van der Waals surface area contributed by atoms with Gasteiger partial charge in [-0.05, 0) is 20.5 Å². The van der Waals surface area contributed by atoms with Crippen molar-refractivity contribution in [2.75, 3.05) is 39.8 Å². The minimum absolute atomic E-state index is 0.139. The monoisotopic (exact) mass is 291 g/mol. The Hall–Kier alpha value is -1.53. The molecule has 0 bridgehead atoms. The molecule has 1 fully saturated rings. The van der Waals surface area contributed by atoms with E-state index in [2.05, 4.69) is 21.8 Å². The van der Waals surface area contributed by atoms with Crippen LogP contribution in [0.15, 0.2) is 18.6 Å². The van der Waals surface area contributed by atoms with Crippen LogP contribution in [-0.2, 0) is 11.3 Å². The Morgan fingerprint density at radius 2 is 2.05 bits per heavy atom. The molecule has 1 saturated heterocycles. The molecular formula is C15H25N5O. The largest absolute Gasteiger partial charge is 0.339 e. The van der Waals surface area contributed by atoms with Gasteiger partial charge in [0.2, 0.25) is 5.91 Å². The standard InChI is InChI=1S/C15H25N5O/c1-4-19-7-9-20(10-8-19)15(21)13(2)18(3)12-14-11-16-5-6-17-14/h5-6,11,13H,4,7-10,12H2,1-3H3/t13-/m0/s1. The summed E-state index contributed by atoms with van der Waals surface area (Å²) in [6, 6.07) is -0.139. The highest BCUT2D eigenvalue weighted by Gasteiger charge is 2.26. The van der Waals surface area contributed by atoms with Crippen molar-refractivity contribution in [3.63, 3.8) is 0 Å². The Morgan fingerprint density at radius 3 is 2.62 bits per heavy atom. The molecule has 6 heteroatoms. The van der Waals surface area contributed by atoms with Crippen molar-refractivity contribution in [1.82, 2.24) is 24.7 Å². The maximum atomic E-state index is 12.6. The second kappa shape index (κ2) is 7.47. The van der Waals surface area contributed by atoms with Gasteiger partial charge in [-0.3, -0.25) is 19.7 Å². The zero-order valence-electron chi connectivity index (χ0n) is 13.2. The zero-order valence-corrected chi connectivity index (χ0v) is 13.2. The normalized spacial score (nSPS) is 18.0. The molecular weight excluding hydrogens is 266 g/mol. The molecule has 0 saturated carbocycles. The molecule has 0 radical (unpaired) electrons. The van der Waals surface area contributed by atoms with Crippen LogP contribution in [-0.4, -0.2) is 76.4 Å². The third kappa shape index (κ3) is 4.22. The highest BCUT2D eigenvalue weighted by molar-refractivity contribution is 5.81. The van der Waals surface area contributed by atoms with Gasteiger partial charge in [0.1, 0.15) is 0 Å². The molecule has 6 nitrogen and oxygen atoms in total. The van der Waals surface area contributed by atoms with Crippen LogP contribution >= 0.6 is 0 Å². The molecule has 1 amide bonds. The van der Waals surface area contributed by atoms with E-state index >= 15 is 0 Å². The van der Waals surface area contributed by atoms with Gasteiger partial charge in [-0.25, -0.2) is 0 Å². The average molecular weight is 291 g/mol. The Bertz CT molecular complexity index is 445. The summed E-state index contributed by atoms with van der Waals surface area (Å²) >= 11 is 0. The van der Waals surface area contributed by atoms with Crippen LogP contribution in [0.3, 0.4) is 0 Å². The molecule has 0 aromatic carbocycles. The van der Waals surface area contributed by atoms with Crippen molar-refractivity contribution in [2.45, 2.75) is 26.4 Å². The number of nitrogens with zero attached hydrogens (tertiary/aromatic N) is 5.